The monoisotopic (exact) mass is 443 g/mol. The summed E-state index contributed by atoms with van der Waals surface area (Å²) in [6, 6.07) is 16.3. The first-order chi connectivity index (χ1) is 15.9. The van der Waals surface area contributed by atoms with Gasteiger partial charge in [0.2, 0.25) is 0 Å². The SMILES string of the molecule is Cc1c(F)cc(C(=O)Nc2ccnn2C)cc1-c1ccc2c(-c3ccc(F)cc3)n[nH]c2c1. The Morgan fingerprint density at radius 2 is 1.76 bits per heavy atom. The Morgan fingerprint density at radius 3 is 2.48 bits per heavy atom. The number of benzene rings is 3. The third kappa shape index (κ3) is 3.76. The number of hydrogen-bond donors (Lipinski definition) is 2. The van der Waals surface area contributed by atoms with Crippen molar-refractivity contribution in [3.8, 4) is 22.4 Å². The van der Waals surface area contributed by atoms with Crippen LogP contribution in [0.4, 0.5) is 14.6 Å². The minimum atomic E-state index is -0.473. The Bertz CT molecular complexity index is 1500. The summed E-state index contributed by atoms with van der Waals surface area (Å²) < 4.78 is 29.6. The van der Waals surface area contributed by atoms with Crippen molar-refractivity contribution < 1.29 is 13.6 Å². The van der Waals surface area contributed by atoms with Crippen LogP contribution >= 0.6 is 0 Å². The molecule has 33 heavy (non-hydrogen) atoms. The van der Waals surface area contributed by atoms with Crippen LogP contribution in [0.25, 0.3) is 33.3 Å². The molecule has 2 N–H and O–H groups in total. The van der Waals surface area contributed by atoms with Crippen molar-refractivity contribution in [3.63, 3.8) is 0 Å². The Hall–Kier alpha value is -4.33. The highest BCUT2D eigenvalue weighted by Gasteiger charge is 2.16. The Morgan fingerprint density at radius 1 is 1.00 bits per heavy atom. The van der Waals surface area contributed by atoms with Crippen LogP contribution in [-0.4, -0.2) is 25.9 Å². The average molecular weight is 443 g/mol. The van der Waals surface area contributed by atoms with Crippen LogP contribution in [-0.2, 0) is 7.05 Å². The van der Waals surface area contributed by atoms with Crippen molar-refractivity contribution in [3.05, 3.63) is 89.6 Å². The molecular formula is C25H19F2N5O. The van der Waals surface area contributed by atoms with E-state index in [9.17, 15) is 13.6 Å². The van der Waals surface area contributed by atoms with Crippen LogP contribution in [0.3, 0.4) is 0 Å². The summed E-state index contributed by atoms with van der Waals surface area (Å²) >= 11 is 0. The summed E-state index contributed by atoms with van der Waals surface area (Å²) in [5.41, 5.74) is 4.20. The van der Waals surface area contributed by atoms with Crippen LogP contribution in [0.15, 0.2) is 66.9 Å². The third-order valence-electron chi connectivity index (χ3n) is 5.66. The number of anilines is 1. The quantitative estimate of drug-likeness (QED) is 0.387. The lowest BCUT2D eigenvalue weighted by Gasteiger charge is -2.12. The Kier molecular flexibility index (Phi) is 4.97. The summed E-state index contributed by atoms with van der Waals surface area (Å²) in [5, 5.41) is 15.0. The van der Waals surface area contributed by atoms with Gasteiger partial charge in [0.25, 0.3) is 5.91 Å². The smallest absolute Gasteiger partial charge is 0.256 e. The molecular weight excluding hydrogens is 424 g/mol. The van der Waals surface area contributed by atoms with E-state index in [1.54, 1.807) is 44.4 Å². The van der Waals surface area contributed by atoms with Crippen LogP contribution in [0.2, 0.25) is 0 Å². The van der Waals surface area contributed by atoms with E-state index in [2.05, 4.69) is 20.6 Å². The molecule has 0 saturated heterocycles. The lowest BCUT2D eigenvalue weighted by atomic mass is 9.96. The molecule has 0 spiro atoms. The predicted octanol–water partition coefficient (Wildman–Crippen LogP) is 5.47. The molecule has 2 aromatic heterocycles. The van der Waals surface area contributed by atoms with E-state index in [1.165, 1.54) is 22.9 Å². The number of amides is 1. The highest BCUT2D eigenvalue weighted by molar-refractivity contribution is 6.05. The molecule has 2 heterocycles. The van der Waals surface area contributed by atoms with Gasteiger partial charge in [-0.15, -0.1) is 0 Å². The lowest BCUT2D eigenvalue weighted by molar-refractivity contribution is 0.102. The fourth-order valence-corrected chi connectivity index (χ4v) is 3.81. The molecule has 0 aliphatic rings. The molecule has 0 unspecified atom stereocenters. The van der Waals surface area contributed by atoms with E-state index in [0.29, 0.717) is 22.6 Å². The number of aryl methyl sites for hydroxylation is 1. The van der Waals surface area contributed by atoms with Crippen molar-refractivity contribution in [1.82, 2.24) is 20.0 Å². The first-order valence-electron chi connectivity index (χ1n) is 10.2. The van der Waals surface area contributed by atoms with E-state index in [0.717, 1.165) is 22.0 Å². The second kappa shape index (κ2) is 7.98. The van der Waals surface area contributed by atoms with Gasteiger partial charge in [-0.25, -0.2) is 8.78 Å². The van der Waals surface area contributed by atoms with E-state index < -0.39 is 11.7 Å². The lowest BCUT2D eigenvalue weighted by Crippen LogP contribution is -2.15. The second-order valence-corrected chi connectivity index (χ2v) is 7.76. The number of carbonyl (C=O) groups excluding carboxylic acids is 1. The van der Waals surface area contributed by atoms with Gasteiger partial charge in [-0.05, 0) is 72.1 Å². The van der Waals surface area contributed by atoms with E-state index in [4.69, 9.17) is 0 Å². The molecule has 5 aromatic rings. The third-order valence-corrected chi connectivity index (χ3v) is 5.66. The minimum absolute atomic E-state index is 0.200. The molecule has 164 valence electrons. The number of nitrogens with zero attached hydrogens (tertiary/aromatic N) is 3. The number of aromatic amines is 1. The molecule has 5 rings (SSSR count). The highest BCUT2D eigenvalue weighted by atomic mass is 19.1. The van der Waals surface area contributed by atoms with Crippen LogP contribution < -0.4 is 5.32 Å². The number of halogens is 2. The van der Waals surface area contributed by atoms with Gasteiger partial charge in [0.1, 0.15) is 17.5 Å². The van der Waals surface area contributed by atoms with Crippen molar-refractivity contribution in [2.75, 3.05) is 5.32 Å². The minimum Gasteiger partial charge on any atom is -0.307 e. The molecule has 0 aliphatic carbocycles. The number of aromatic nitrogens is 4. The molecule has 8 heteroatoms. The van der Waals surface area contributed by atoms with Crippen LogP contribution in [0.5, 0.6) is 0 Å². The number of hydrogen-bond acceptors (Lipinski definition) is 3. The normalized spacial score (nSPS) is 11.2. The zero-order valence-electron chi connectivity index (χ0n) is 17.9. The molecule has 1 amide bonds. The molecule has 3 aromatic carbocycles. The second-order valence-electron chi connectivity index (χ2n) is 7.76. The Balaban J connectivity index is 1.53. The summed E-state index contributed by atoms with van der Waals surface area (Å²) in [7, 11) is 1.70. The number of H-pyrrole nitrogens is 1. The van der Waals surface area contributed by atoms with Gasteiger partial charge in [-0.1, -0.05) is 6.07 Å². The summed E-state index contributed by atoms with van der Waals surface area (Å²) in [6.45, 7) is 1.68. The summed E-state index contributed by atoms with van der Waals surface area (Å²) in [6.07, 6.45) is 1.57. The van der Waals surface area contributed by atoms with Crippen molar-refractivity contribution in [2.24, 2.45) is 7.05 Å². The van der Waals surface area contributed by atoms with Crippen LogP contribution in [0.1, 0.15) is 15.9 Å². The molecule has 6 nitrogen and oxygen atoms in total. The fourth-order valence-electron chi connectivity index (χ4n) is 3.81. The average Bonchev–Trinajstić information content (AvgIpc) is 3.41. The Labute approximate surface area is 187 Å². The van der Waals surface area contributed by atoms with Crippen LogP contribution in [0, 0.1) is 18.6 Å². The summed E-state index contributed by atoms with van der Waals surface area (Å²) in [4.78, 5) is 12.7. The number of rotatable bonds is 4. The number of carbonyl (C=O) groups is 1. The zero-order valence-corrected chi connectivity index (χ0v) is 17.9. The molecule has 0 radical (unpaired) electrons. The summed E-state index contributed by atoms with van der Waals surface area (Å²) in [5.74, 6) is -0.709. The fraction of sp³-hybridized carbons (Fsp3) is 0.0800. The largest absolute Gasteiger partial charge is 0.307 e. The van der Waals surface area contributed by atoms with E-state index in [1.807, 2.05) is 18.2 Å². The van der Waals surface area contributed by atoms with Gasteiger partial charge >= 0.3 is 0 Å². The van der Waals surface area contributed by atoms with Crippen molar-refractivity contribution in [2.45, 2.75) is 6.92 Å². The molecule has 0 aliphatic heterocycles. The van der Waals surface area contributed by atoms with E-state index >= 15 is 0 Å². The molecule has 0 bridgehead atoms. The zero-order chi connectivity index (χ0) is 23.1. The highest BCUT2D eigenvalue weighted by Crippen LogP contribution is 2.32. The van der Waals surface area contributed by atoms with Gasteiger partial charge in [0, 0.05) is 29.6 Å². The van der Waals surface area contributed by atoms with Crippen molar-refractivity contribution >= 4 is 22.6 Å². The topological polar surface area (TPSA) is 75.6 Å². The standard InChI is InChI=1S/C25H19F2N5O/c1-14-20(11-17(12-21(14)27)25(33)29-23-9-10-28-32(23)2)16-5-8-19-22(13-16)30-31-24(19)15-3-6-18(26)7-4-15/h3-13H,1-2H3,(H,29,33)(H,30,31). The van der Waals surface area contributed by atoms with Gasteiger partial charge in [0.15, 0.2) is 0 Å². The van der Waals surface area contributed by atoms with Gasteiger partial charge < -0.3 is 5.32 Å². The van der Waals surface area contributed by atoms with Gasteiger partial charge in [-0.2, -0.15) is 10.2 Å². The maximum atomic E-state index is 14.8. The predicted molar refractivity (Wildman–Crippen MR) is 123 cm³/mol. The first-order valence-corrected chi connectivity index (χ1v) is 10.2. The molecule has 0 saturated carbocycles. The van der Waals surface area contributed by atoms with Gasteiger partial charge in [-0.3, -0.25) is 14.6 Å². The van der Waals surface area contributed by atoms with E-state index in [-0.39, 0.29) is 11.4 Å². The number of fused-ring (bicyclic) bond motifs is 1. The molecule has 0 atom stereocenters. The molecule has 0 fully saturated rings. The first kappa shape index (κ1) is 20.6. The number of nitrogens with one attached hydrogen (secondary N) is 2. The maximum absolute atomic E-state index is 14.8. The van der Waals surface area contributed by atoms with Gasteiger partial charge in [0.05, 0.1) is 17.4 Å². The van der Waals surface area contributed by atoms with Crippen molar-refractivity contribution in [1.29, 1.82) is 0 Å². The maximum Gasteiger partial charge on any atom is 0.256 e.